The van der Waals surface area contributed by atoms with Crippen LogP contribution in [0.4, 0.5) is 5.69 Å². The number of carbonyl (C=O) groups excluding carboxylic acids is 1. The van der Waals surface area contributed by atoms with E-state index in [2.05, 4.69) is 10.1 Å². The maximum Gasteiger partial charge on any atom is 0.315 e. The summed E-state index contributed by atoms with van der Waals surface area (Å²) in [5.74, 6) is -0.0948. The predicted octanol–water partition coefficient (Wildman–Crippen LogP) is 4.89. The molecule has 0 N–H and O–H groups in total. The summed E-state index contributed by atoms with van der Waals surface area (Å²) in [4.78, 5) is 44.0. The average molecular weight is 632 g/mol. The number of para-hydroxylation sites is 1. The van der Waals surface area contributed by atoms with Crippen LogP contribution in [-0.4, -0.2) is 71.1 Å². The van der Waals surface area contributed by atoms with Gasteiger partial charge in [0.05, 0.1) is 41.9 Å². The molecule has 0 atom stereocenters. The van der Waals surface area contributed by atoms with Crippen molar-refractivity contribution in [3.05, 3.63) is 91.7 Å². The second kappa shape index (κ2) is 12.8. The number of hydrogen-bond donors (Lipinski definition) is 0. The van der Waals surface area contributed by atoms with Crippen LogP contribution in [0.1, 0.15) is 12.5 Å². The van der Waals surface area contributed by atoms with Crippen molar-refractivity contribution >= 4 is 51.3 Å². The Labute approximate surface area is 260 Å². The molecule has 5 aromatic rings. The Kier molecular flexibility index (Phi) is 8.45. The molecule has 1 fully saturated rings. The SMILES string of the molecule is CCOc1cc(C=Nn2c(-c3cc4cc(Cl)ccc4o3)nc3ccccc3c2=O)cc([N+](=O)[O-])c1OCC(=O)N1CCOCC1. The molecule has 230 valence electrons. The van der Waals surface area contributed by atoms with Crippen molar-refractivity contribution in [2.75, 3.05) is 39.5 Å². The first-order valence-corrected chi connectivity index (χ1v) is 14.4. The minimum atomic E-state index is -0.636. The number of morpholine rings is 1. The lowest BCUT2D eigenvalue weighted by atomic mass is 10.2. The Hall–Kier alpha value is -5.27. The molecule has 1 saturated heterocycles. The fourth-order valence-electron chi connectivity index (χ4n) is 4.90. The zero-order valence-electron chi connectivity index (χ0n) is 24.0. The van der Waals surface area contributed by atoms with Crippen LogP contribution in [0.25, 0.3) is 33.5 Å². The summed E-state index contributed by atoms with van der Waals surface area (Å²) in [7, 11) is 0. The molecule has 0 aliphatic carbocycles. The molecule has 3 heterocycles. The van der Waals surface area contributed by atoms with Gasteiger partial charge >= 0.3 is 5.69 Å². The molecule has 1 aliphatic rings. The molecule has 3 aromatic carbocycles. The first-order chi connectivity index (χ1) is 21.8. The van der Waals surface area contributed by atoms with Gasteiger partial charge in [-0.15, -0.1) is 0 Å². The Morgan fingerprint density at radius 1 is 1.13 bits per heavy atom. The second-order valence-corrected chi connectivity index (χ2v) is 10.4. The fraction of sp³-hybridized carbons (Fsp3) is 0.226. The molecule has 0 radical (unpaired) electrons. The largest absolute Gasteiger partial charge is 0.490 e. The van der Waals surface area contributed by atoms with Crippen LogP contribution in [-0.2, 0) is 9.53 Å². The standard InChI is InChI=1S/C31H26ClN5O8/c1-2-43-26-14-19(13-24(37(40)41)29(26)44-18-28(38)35-9-11-42-12-10-35)17-33-36-30(34-23-6-4-3-5-22(23)31(36)39)27-16-20-15-21(32)7-8-25(20)45-27/h3-8,13-17H,2,9-12,18H2,1H3. The Bertz CT molecular complexity index is 2020. The van der Waals surface area contributed by atoms with Crippen molar-refractivity contribution in [2.45, 2.75) is 6.92 Å². The topological polar surface area (TPSA) is 152 Å². The van der Waals surface area contributed by atoms with Crippen molar-refractivity contribution in [1.29, 1.82) is 0 Å². The van der Waals surface area contributed by atoms with Gasteiger partial charge in [-0.1, -0.05) is 23.7 Å². The van der Waals surface area contributed by atoms with Gasteiger partial charge in [0.2, 0.25) is 11.6 Å². The van der Waals surface area contributed by atoms with Crippen LogP contribution in [0.2, 0.25) is 5.02 Å². The summed E-state index contributed by atoms with van der Waals surface area (Å²) in [6, 6.07) is 16.3. The van der Waals surface area contributed by atoms with Gasteiger partial charge in [0.15, 0.2) is 18.1 Å². The second-order valence-electron chi connectivity index (χ2n) is 9.95. The van der Waals surface area contributed by atoms with E-state index in [1.165, 1.54) is 18.3 Å². The molecule has 1 aliphatic heterocycles. The van der Waals surface area contributed by atoms with Crippen LogP contribution in [0, 0.1) is 10.1 Å². The number of amides is 1. The lowest BCUT2D eigenvalue weighted by Gasteiger charge is -2.26. The molecule has 45 heavy (non-hydrogen) atoms. The molecule has 0 unspecified atom stereocenters. The number of benzene rings is 3. The van der Waals surface area contributed by atoms with Gasteiger partial charge in [-0.05, 0) is 49.4 Å². The third-order valence-electron chi connectivity index (χ3n) is 7.03. The quantitative estimate of drug-likeness (QED) is 0.126. The summed E-state index contributed by atoms with van der Waals surface area (Å²) in [5.41, 5.74) is 0.290. The van der Waals surface area contributed by atoms with Crippen LogP contribution < -0.4 is 15.0 Å². The normalized spacial score (nSPS) is 13.5. The highest BCUT2D eigenvalue weighted by Crippen LogP contribution is 2.38. The predicted molar refractivity (Wildman–Crippen MR) is 166 cm³/mol. The first-order valence-electron chi connectivity index (χ1n) is 14.0. The first kappa shape index (κ1) is 29.8. The highest BCUT2D eigenvalue weighted by atomic mass is 35.5. The maximum atomic E-state index is 13.6. The van der Waals surface area contributed by atoms with Crippen molar-refractivity contribution < 1.29 is 28.3 Å². The van der Waals surface area contributed by atoms with E-state index >= 15 is 0 Å². The zero-order chi connectivity index (χ0) is 31.5. The van der Waals surface area contributed by atoms with Crippen LogP contribution >= 0.6 is 11.6 Å². The molecule has 14 heteroatoms. The number of nitro benzene ring substituents is 1. The molecule has 2 aromatic heterocycles. The third-order valence-corrected chi connectivity index (χ3v) is 7.27. The molecular weight excluding hydrogens is 606 g/mol. The van der Waals surface area contributed by atoms with Gasteiger partial charge < -0.3 is 23.5 Å². The highest BCUT2D eigenvalue weighted by molar-refractivity contribution is 6.31. The number of rotatable bonds is 9. The molecule has 0 bridgehead atoms. The lowest BCUT2D eigenvalue weighted by molar-refractivity contribution is -0.385. The summed E-state index contributed by atoms with van der Waals surface area (Å²) >= 11 is 6.15. The molecule has 0 saturated carbocycles. The van der Waals surface area contributed by atoms with E-state index in [0.29, 0.717) is 53.2 Å². The number of furan rings is 1. The summed E-state index contributed by atoms with van der Waals surface area (Å²) in [5, 5.41) is 18.1. The van der Waals surface area contributed by atoms with E-state index in [1.807, 2.05) is 0 Å². The summed E-state index contributed by atoms with van der Waals surface area (Å²) in [6.45, 7) is 3.09. The van der Waals surface area contributed by atoms with Gasteiger partial charge in [0.1, 0.15) is 5.58 Å². The van der Waals surface area contributed by atoms with E-state index in [-0.39, 0.29) is 41.2 Å². The van der Waals surface area contributed by atoms with E-state index in [4.69, 9.17) is 30.2 Å². The Balaban J connectivity index is 1.40. The number of fused-ring (bicyclic) bond motifs is 2. The van der Waals surface area contributed by atoms with Crippen LogP contribution in [0.3, 0.4) is 0 Å². The van der Waals surface area contributed by atoms with E-state index < -0.39 is 22.8 Å². The van der Waals surface area contributed by atoms with Crippen molar-refractivity contribution in [3.8, 4) is 23.1 Å². The van der Waals surface area contributed by atoms with Gasteiger partial charge in [0.25, 0.3) is 11.5 Å². The van der Waals surface area contributed by atoms with Crippen LogP contribution in [0.5, 0.6) is 11.5 Å². The number of nitro groups is 1. The van der Waals surface area contributed by atoms with E-state index in [0.717, 1.165) is 4.68 Å². The Morgan fingerprint density at radius 2 is 1.93 bits per heavy atom. The minimum absolute atomic E-state index is 0.0429. The van der Waals surface area contributed by atoms with E-state index in [9.17, 15) is 19.7 Å². The zero-order valence-corrected chi connectivity index (χ0v) is 24.7. The number of hydrogen-bond acceptors (Lipinski definition) is 10. The third kappa shape index (κ3) is 6.21. The van der Waals surface area contributed by atoms with Crippen LogP contribution in [0.15, 0.2) is 75.0 Å². The Morgan fingerprint density at radius 3 is 2.71 bits per heavy atom. The van der Waals surface area contributed by atoms with Gasteiger partial charge in [-0.3, -0.25) is 19.7 Å². The fourth-order valence-corrected chi connectivity index (χ4v) is 5.08. The molecule has 13 nitrogen and oxygen atoms in total. The summed E-state index contributed by atoms with van der Waals surface area (Å²) in [6.07, 6.45) is 1.28. The minimum Gasteiger partial charge on any atom is -0.490 e. The van der Waals surface area contributed by atoms with Gasteiger partial charge in [0, 0.05) is 35.1 Å². The number of carbonyl (C=O) groups is 1. The molecular formula is C31H26ClN5O8. The lowest BCUT2D eigenvalue weighted by Crippen LogP contribution is -2.43. The number of aromatic nitrogens is 2. The van der Waals surface area contributed by atoms with Crippen molar-refractivity contribution in [2.24, 2.45) is 5.10 Å². The number of ether oxygens (including phenoxy) is 3. The molecule has 6 rings (SSSR count). The smallest absolute Gasteiger partial charge is 0.315 e. The van der Waals surface area contributed by atoms with E-state index in [1.54, 1.807) is 60.4 Å². The van der Waals surface area contributed by atoms with Crippen molar-refractivity contribution in [3.63, 3.8) is 0 Å². The maximum absolute atomic E-state index is 13.6. The molecule has 0 spiro atoms. The summed E-state index contributed by atoms with van der Waals surface area (Å²) < 4.78 is 23.7. The monoisotopic (exact) mass is 631 g/mol. The van der Waals surface area contributed by atoms with Crippen molar-refractivity contribution in [1.82, 2.24) is 14.6 Å². The van der Waals surface area contributed by atoms with Gasteiger partial charge in [-0.2, -0.15) is 9.78 Å². The molecule has 1 amide bonds. The number of halogens is 1. The highest BCUT2D eigenvalue weighted by Gasteiger charge is 2.25. The number of nitrogens with zero attached hydrogens (tertiary/aromatic N) is 5. The van der Waals surface area contributed by atoms with Gasteiger partial charge in [-0.25, -0.2) is 4.98 Å². The average Bonchev–Trinajstić information content (AvgIpc) is 3.47.